The van der Waals surface area contributed by atoms with Gasteiger partial charge in [0, 0.05) is 15.4 Å². The number of carbonyl (C=O) groups is 3. The molecule has 0 saturated carbocycles. The Hall–Kier alpha value is -2.64. The van der Waals surface area contributed by atoms with Crippen molar-refractivity contribution < 1.29 is 29.0 Å². The van der Waals surface area contributed by atoms with Crippen LogP contribution in [0.3, 0.4) is 0 Å². The van der Waals surface area contributed by atoms with Gasteiger partial charge in [-0.25, -0.2) is 14.4 Å². The molecule has 23 heavy (non-hydrogen) atoms. The van der Waals surface area contributed by atoms with Crippen LogP contribution in [0.1, 0.15) is 42.9 Å². The summed E-state index contributed by atoms with van der Waals surface area (Å²) in [4.78, 5) is 36.0. The van der Waals surface area contributed by atoms with Crippen molar-refractivity contribution in [1.82, 2.24) is 0 Å². The minimum atomic E-state index is -1.26. The van der Waals surface area contributed by atoms with Crippen molar-refractivity contribution in [2.75, 3.05) is 0 Å². The lowest BCUT2D eigenvalue weighted by Gasteiger charge is -2.05. The van der Waals surface area contributed by atoms with Gasteiger partial charge in [0.2, 0.25) is 6.29 Å². The Morgan fingerprint density at radius 2 is 1.48 bits per heavy atom. The van der Waals surface area contributed by atoms with Crippen molar-refractivity contribution in [2.24, 2.45) is 0 Å². The molecule has 7 heteroatoms. The van der Waals surface area contributed by atoms with E-state index in [1.807, 2.05) is 0 Å². The second-order valence-corrected chi connectivity index (χ2v) is 6.14. The van der Waals surface area contributed by atoms with E-state index < -0.39 is 24.2 Å². The molecular formula is C16H8O6S. The van der Waals surface area contributed by atoms with Gasteiger partial charge in [-0.05, 0) is 36.4 Å². The number of esters is 3. The minimum Gasteiger partial charge on any atom is -0.428 e. The predicted molar refractivity (Wildman–Crippen MR) is 77.1 cm³/mol. The maximum Gasteiger partial charge on any atom is 0.346 e. The summed E-state index contributed by atoms with van der Waals surface area (Å²) in [6.45, 7) is 0. The minimum absolute atomic E-state index is 0.236. The summed E-state index contributed by atoms with van der Waals surface area (Å²) >= 11 is 1.33. The monoisotopic (exact) mass is 328 g/mol. The first-order chi connectivity index (χ1) is 11.0. The number of hydrogen-bond acceptors (Lipinski definition) is 7. The molecule has 0 aromatic heterocycles. The first-order valence-corrected chi connectivity index (χ1v) is 7.46. The van der Waals surface area contributed by atoms with Crippen molar-refractivity contribution in [1.29, 1.82) is 0 Å². The highest BCUT2D eigenvalue weighted by atomic mass is 32.2. The Balaban J connectivity index is 1.66. The third-order valence-corrected chi connectivity index (χ3v) is 4.56. The molecule has 0 amide bonds. The molecule has 4 rings (SSSR count). The van der Waals surface area contributed by atoms with Gasteiger partial charge in [-0.15, -0.1) is 0 Å². The normalized spacial score (nSPS) is 18.5. The SMILES string of the molecule is O=C1OC(=O)c2cc(Sc3ccc4c(c3)C(O)OC4=O)ccc21. The van der Waals surface area contributed by atoms with Crippen LogP contribution in [-0.2, 0) is 9.47 Å². The fourth-order valence-electron chi connectivity index (χ4n) is 2.49. The fraction of sp³-hybridized carbons (Fsp3) is 0.0625. The molecular weight excluding hydrogens is 320 g/mol. The lowest BCUT2D eigenvalue weighted by atomic mass is 10.1. The lowest BCUT2D eigenvalue weighted by Crippen LogP contribution is -1.96. The first kappa shape index (κ1) is 14.0. The summed E-state index contributed by atoms with van der Waals surface area (Å²) in [6.07, 6.45) is -1.26. The number of carbonyl (C=O) groups excluding carboxylic acids is 3. The average molecular weight is 328 g/mol. The first-order valence-electron chi connectivity index (χ1n) is 6.64. The third kappa shape index (κ3) is 2.21. The molecule has 0 aliphatic carbocycles. The summed E-state index contributed by atoms with van der Waals surface area (Å²) in [5.41, 5.74) is 1.24. The van der Waals surface area contributed by atoms with Crippen molar-refractivity contribution in [3.05, 3.63) is 58.7 Å². The van der Waals surface area contributed by atoms with Gasteiger partial charge in [-0.3, -0.25) is 0 Å². The second-order valence-electron chi connectivity index (χ2n) is 4.99. The van der Waals surface area contributed by atoms with Crippen LogP contribution in [0.15, 0.2) is 46.2 Å². The topological polar surface area (TPSA) is 89.9 Å². The molecule has 1 N–H and O–H groups in total. The van der Waals surface area contributed by atoms with Crippen LogP contribution in [0.5, 0.6) is 0 Å². The zero-order valence-corrected chi connectivity index (χ0v) is 12.3. The number of benzene rings is 2. The Kier molecular flexibility index (Phi) is 3.00. The van der Waals surface area contributed by atoms with Gasteiger partial charge >= 0.3 is 17.9 Å². The summed E-state index contributed by atoms with van der Waals surface area (Å²) in [6, 6.07) is 9.79. The molecule has 0 saturated heterocycles. The molecule has 2 aromatic carbocycles. The van der Waals surface area contributed by atoms with Crippen LogP contribution >= 0.6 is 11.8 Å². The van der Waals surface area contributed by atoms with Crippen LogP contribution in [0.25, 0.3) is 0 Å². The largest absolute Gasteiger partial charge is 0.428 e. The van der Waals surface area contributed by atoms with E-state index in [0.29, 0.717) is 11.1 Å². The number of ether oxygens (including phenoxy) is 2. The van der Waals surface area contributed by atoms with Crippen LogP contribution in [0, 0.1) is 0 Å². The van der Waals surface area contributed by atoms with Crippen LogP contribution in [0.2, 0.25) is 0 Å². The smallest absolute Gasteiger partial charge is 0.346 e. The molecule has 0 bridgehead atoms. The highest BCUT2D eigenvalue weighted by Gasteiger charge is 2.31. The van der Waals surface area contributed by atoms with Gasteiger partial charge in [0.1, 0.15) is 0 Å². The summed E-state index contributed by atoms with van der Waals surface area (Å²) in [5.74, 6) is -1.85. The van der Waals surface area contributed by atoms with E-state index in [1.165, 1.54) is 11.8 Å². The van der Waals surface area contributed by atoms with Gasteiger partial charge < -0.3 is 14.6 Å². The predicted octanol–water partition coefficient (Wildman–Crippen LogP) is 2.31. The van der Waals surface area contributed by atoms with E-state index in [2.05, 4.69) is 4.74 Å². The van der Waals surface area contributed by atoms with Gasteiger partial charge in [0.25, 0.3) is 0 Å². The maximum absolute atomic E-state index is 11.6. The maximum atomic E-state index is 11.6. The molecule has 2 aromatic rings. The molecule has 0 radical (unpaired) electrons. The molecule has 2 aliphatic heterocycles. The van der Waals surface area contributed by atoms with Gasteiger partial charge in [0.15, 0.2) is 0 Å². The quantitative estimate of drug-likeness (QED) is 0.668. The molecule has 2 heterocycles. The number of hydrogen-bond donors (Lipinski definition) is 1. The van der Waals surface area contributed by atoms with Gasteiger partial charge in [-0.1, -0.05) is 11.8 Å². The number of aliphatic hydroxyl groups excluding tert-OH is 1. The van der Waals surface area contributed by atoms with E-state index in [4.69, 9.17) is 4.74 Å². The zero-order valence-electron chi connectivity index (χ0n) is 11.4. The Morgan fingerprint density at radius 3 is 2.26 bits per heavy atom. The Morgan fingerprint density at radius 1 is 0.826 bits per heavy atom. The molecule has 0 spiro atoms. The molecule has 1 atom stereocenters. The fourth-order valence-corrected chi connectivity index (χ4v) is 3.39. The van der Waals surface area contributed by atoms with Crippen molar-refractivity contribution in [2.45, 2.75) is 16.1 Å². The summed E-state index contributed by atoms with van der Waals surface area (Å²) in [5, 5.41) is 9.68. The van der Waals surface area contributed by atoms with E-state index in [0.717, 1.165) is 9.79 Å². The standard InChI is InChI=1S/C16H8O6S/c17-13-9-3-1-7(5-11(9)15(19)21-13)23-8-2-4-10-12(6-8)16(20)22-14(10)18/h1-6,15,19H. The van der Waals surface area contributed by atoms with E-state index in [-0.39, 0.29) is 11.1 Å². The Labute approximate surface area is 134 Å². The highest BCUT2D eigenvalue weighted by Crippen LogP contribution is 2.36. The van der Waals surface area contributed by atoms with Crippen molar-refractivity contribution in [3.63, 3.8) is 0 Å². The number of fused-ring (bicyclic) bond motifs is 2. The number of aliphatic hydroxyl groups is 1. The molecule has 2 aliphatic rings. The molecule has 114 valence electrons. The van der Waals surface area contributed by atoms with E-state index in [1.54, 1.807) is 36.4 Å². The van der Waals surface area contributed by atoms with Crippen LogP contribution in [0.4, 0.5) is 0 Å². The summed E-state index contributed by atoms with van der Waals surface area (Å²) < 4.78 is 9.28. The molecule has 6 nitrogen and oxygen atoms in total. The molecule has 1 unspecified atom stereocenters. The Bertz CT molecular complexity index is 888. The van der Waals surface area contributed by atoms with Gasteiger partial charge in [0.05, 0.1) is 16.7 Å². The van der Waals surface area contributed by atoms with Gasteiger partial charge in [-0.2, -0.15) is 0 Å². The van der Waals surface area contributed by atoms with Crippen LogP contribution in [-0.4, -0.2) is 23.0 Å². The van der Waals surface area contributed by atoms with Crippen LogP contribution < -0.4 is 0 Å². The average Bonchev–Trinajstić information content (AvgIpc) is 2.96. The molecule has 0 fully saturated rings. The van der Waals surface area contributed by atoms with Crippen molar-refractivity contribution >= 4 is 29.7 Å². The van der Waals surface area contributed by atoms with E-state index >= 15 is 0 Å². The zero-order chi connectivity index (χ0) is 16.1. The highest BCUT2D eigenvalue weighted by molar-refractivity contribution is 7.99. The summed E-state index contributed by atoms with van der Waals surface area (Å²) in [7, 11) is 0. The third-order valence-electron chi connectivity index (χ3n) is 3.58. The second kappa shape index (κ2) is 4.94. The number of rotatable bonds is 2. The number of cyclic esters (lactones) is 3. The van der Waals surface area contributed by atoms with Crippen molar-refractivity contribution in [3.8, 4) is 0 Å². The van der Waals surface area contributed by atoms with E-state index in [9.17, 15) is 19.5 Å². The lowest BCUT2D eigenvalue weighted by molar-refractivity contribution is -0.0548.